The van der Waals surface area contributed by atoms with Gasteiger partial charge in [-0.2, -0.15) is 19.8 Å². The van der Waals surface area contributed by atoms with Crippen molar-refractivity contribution in [2.45, 2.75) is 26.3 Å². The van der Waals surface area contributed by atoms with Gasteiger partial charge in [0.1, 0.15) is 0 Å². The minimum Gasteiger partial charge on any atom is -0.376 e. The lowest BCUT2D eigenvalue weighted by atomic mass is 10.2. The van der Waals surface area contributed by atoms with E-state index < -0.39 is 0 Å². The van der Waals surface area contributed by atoms with Gasteiger partial charge in [0.15, 0.2) is 11.0 Å². The summed E-state index contributed by atoms with van der Waals surface area (Å²) in [6, 6.07) is 5.46. The van der Waals surface area contributed by atoms with Crippen molar-refractivity contribution in [2.24, 2.45) is 0 Å². The Balaban J connectivity index is 1.95. The fourth-order valence-electron chi connectivity index (χ4n) is 1.97. The summed E-state index contributed by atoms with van der Waals surface area (Å²) in [7, 11) is 0. The van der Waals surface area contributed by atoms with Crippen LogP contribution < -0.4 is 5.32 Å². The van der Waals surface area contributed by atoms with Crippen molar-refractivity contribution in [3.8, 4) is 0 Å². The molecule has 0 amide bonds. The highest BCUT2D eigenvalue weighted by molar-refractivity contribution is 6.29. The second-order valence-corrected chi connectivity index (χ2v) is 5.28. The Morgan fingerprint density at radius 3 is 2.86 bits per heavy atom. The van der Waals surface area contributed by atoms with E-state index in [1.807, 2.05) is 26.0 Å². The average Bonchev–Trinajstić information content (AvgIpc) is 2.89. The molecular weight excluding hydrogens is 290 g/mol. The number of rotatable bonds is 4. The maximum atomic E-state index is 6.08. The third kappa shape index (κ3) is 2.78. The Morgan fingerprint density at radius 1 is 1.29 bits per heavy atom. The monoisotopic (exact) mass is 303 g/mol. The third-order valence-electron chi connectivity index (χ3n) is 2.97. The maximum Gasteiger partial charge on any atom is 0.201 e. The lowest BCUT2D eigenvalue weighted by Crippen LogP contribution is -2.06. The van der Waals surface area contributed by atoms with Gasteiger partial charge in [-0.1, -0.05) is 25.4 Å². The van der Waals surface area contributed by atoms with E-state index in [9.17, 15) is 0 Å². The largest absolute Gasteiger partial charge is 0.376 e. The molecule has 3 aromatic rings. The fourth-order valence-corrected chi connectivity index (χ4v) is 2.15. The Morgan fingerprint density at radius 2 is 2.14 bits per heavy atom. The Bertz CT molecular complexity index is 754. The van der Waals surface area contributed by atoms with Gasteiger partial charge in [0.05, 0.1) is 17.9 Å². The smallest absolute Gasteiger partial charge is 0.201 e. The van der Waals surface area contributed by atoms with Crippen molar-refractivity contribution in [1.82, 2.24) is 30.0 Å². The summed E-state index contributed by atoms with van der Waals surface area (Å²) in [5.74, 6) is 0.980. The van der Waals surface area contributed by atoms with Crippen LogP contribution in [-0.2, 0) is 6.54 Å². The van der Waals surface area contributed by atoms with Crippen LogP contribution in [0.15, 0.2) is 24.4 Å². The molecule has 8 heteroatoms. The van der Waals surface area contributed by atoms with E-state index in [0.717, 1.165) is 17.2 Å². The predicted octanol–water partition coefficient (Wildman–Crippen LogP) is 2.30. The molecule has 108 valence electrons. The molecule has 0 fully saturated rings. The lowest BCUT2D eigenvalue weighted by Gasteiger charge is -2.08. The topological polar surface area (TPSA) is 80.9 Å². The van der Waals surface area contributed by atoms with E-state index in [0.29, 0.717) is 17.3 Å². The fraction of sp³-hybridized carbons (Fsp3) is 0.308. The molecule has 0 aliphatic heterocycles. The number of nitrogens with zero attached hydrogens (tertiary/aromatic N) is 6. The van der Waals surface area contributed by atoms with Crippen LogP contribution in [0.1, 0.15) is 31.3 Å². The zero-order chi connectivity index (χ0) is 14.8. The summed E-state index contributed by atoms with van der Waals surface area (Å²) < 4.78 is 1.67. The minimum atomic E-state index is 0.207. The van der Waals surface area contributed by atoms with Gasteiger partial charge in [0, 0.05) is 18.2 Å². The molecule has 0 spiro atoms. The number of hydrogen-bond donors (Lipinski definition) is 1. The normalized spacial score (nSPS) is 11.2. The van der Waals surface area contributed by atoms with Gasteiger partial charge in [-0.15, -0.1) is 10.2 Å². The molecule has 0 atom stereocenters. The molecule has 0 saturated carbocycles. The van der Waals surface area contributed by atoms with E-state index in [4.69, 9.17) is 11.6 Å². The standard InChI is InChI=1S/C13H14ClN7/c1-8(2)12-18-19-13-10(6-11(14)20-21(12)13)15-7-9-4-3-5-16-17-9/h3-6,8,15H,7H2,1-2H3. The van der Waals surface area contributed by atoms with Crippen molar-refractivity contribution in [3.05, 3.63) is 41.1 Å². The summed E-state index contributed by atoms with van der Waals surface area (Å²) >= 11 is 6.08. The zero-order valence-electron chi connectivity index (χ0n) is 11.7. The predicted molar refractivity (Wildman–Crippen MR) is 79.2 cm³/mol. The third-order valence-corrected chi connectivity index (χ3v) is 3.15. The van der Waals surface area contributed by atoms with E-state index in [1.54, 1.807) is 16.8 Å². The number of hydrogen-bond acceptors (Lipinski definition) is 6. The van der Waals surface area contributed by atoms with Crippen molar-refractivity contribution in [1.29, 1.82) is 0 Å². The highest BCUT2D eigenvalue weighted by Gasteiger charge is 2.14. The van der Waals surface area contributed by atoms with Crippen LogP contribution in [0.25, 0.3) is 5.65 Å². The quantitative estimate of drug-likeness (QED) is 0.796. The van der Waals surface area contributed by atoms with Gasteiger partial charge in [0.25, 0.3) is 0 Å². The second kappa shape index (κ2) is 5.61. The minimum absolute atomic E-state index is 0.207. The molecule has 7 nitrogen and oxygen atoms in total. The first-order valence-electron chi connectivity index (χ1n) is 6.57. The maximum absolute atomic E-state index is 6.08. The first kappa shape index (κ1) is 13.7. The summed E-state index contributed by atoms with van der Waals surface area (Å²) in [6.45, 7) is 4.59. The summed E-state index contributed by atoms with van der Waals surface area (Å²) in [4.78, 5) is 0. The molecule has 3 rings (SSSR count). The van der Waals surface area contributed by atoms with Crippen LogP contribution in [-0.4, -0.2) is 30.0 Å². The van der Waals surface area contributed by atoms with Gasteiger partial charge in [0.2, 0.25) is 5.65 Å². The number of fused-ring (bicyclic) bond motifs is 1. The summed E-state index contributed by atoms with van der Waals surface area (Å²) in [5.41, 5.74) is 2.24. The molecule has 3 aromatic heterocycles. The molecular formula is C13H14ClN7. The zero-order valence-corrected chi connectivity index (χ0v) is 12.4. The molecule has 0 aliphatic carbocycles. The molecule has 0 aliphatic rings. The van der Waals surface area contributed by atoms with Crippen LogP contribution in [0.5, 0.6) is 0 Å². The number of aromatic nitrogens is 6. The van der Waals surface area contributed by atoms with Gasteiger partial charge in [-0.3, -0.25) is 0 Å². The molecule has 0 saturated heterocycles. The Hall–Kier alpha value is -2.28. The number of nitrogens with one attached hydrogen (secondary N) is 1. The first-order chi connectivity index (χ1) is 10.1. The van der Waals surface area contributed by atoms with E-state index in [1.165, 1.54) is 0 Å². The molecule has 0 radical (unpaired) electrons. The van der Waals surface area contributed by atoms with Crippen LogP contribution >= 0.6 is 11.6 Å². The first-order valence-corrected chi connectivity index (χ1v) is 6.95. The summed E-state index contributed by atoms with van der Waals surface area (Å²) in [5, 5.41) is 24.1. The number of halogens is 1. The molecule has 21 heavy (non-hydrogen) atoms. The van der Waals surface area contributed by atoms with Crippen molar-refractivity contribution >= 4 is 22.9 Å². The van der Waals surface area contributed by atoms with Crippen molar-refractivity contribution in [2.75, 3.05) is 5.32 Å². The Kier molecular flexibility index (Phi) is 3.66. The number of anilines is 1. The summed E-state index contributed by atoms with van der Waals surface area (Å²) in [6.07, 6.45) is 1.64. The van der Waals surface area contributed by atoms with Gasteiger partial charge in [-0.05, 0) is 12.1 Å². The molecule has 0 bridgehead atoms. The molecule has 3 heterocycles. The van der Waals surface area contributed by atoms with E-state index in [2.05, 4.69) is 30.8 Å². The van der Waals surface area contributed by atoms with Crippen LogP contribution in [0.3, 0.4) is 0 Å². The Labute approximate surface area is 126 Å². The average molecular weight is 304 g/mol. The lowest BCUT2D eigenvalue weighted by molar-refractivity contribution is 0.721. The highest BCUT2D eigenvalue weighted by atomic mass is 35.5. The molecule has 0 unspecified atom stereocenters. The van der Waals surface area contributed by atoms with Crippen molar-refractivity contribution in [3.63, 3.8) is 0 Å². The van der Waals surface area contributed by atoms with Crippen molar-refractivity contribution < 1.29 is 0 Å². The van der Waals surface area contributed by atoms with E-state index in [-0.39, 0.29) is 5.92 Å². The molecule has 1 N–H and O–H groups in total. The van der Waals surface area contributed by atoms with Crippen LogP contribution in [0, 0.1) is 0 Å². The highest BCUT2D eigenvalue weighted by Crippen LogP contribution is 2.22. The van der Waals surface area contributed by atoms with Gasteiger partial charge < -0.3 is 5.32 Å². The van der Waals surface area contributed by atoms with E-state index >= 15 is 0 Å². The molecule has 0 aromatic carbocycles. The van der Waals surface area contributed by atoms with Gasteiger partial charge in [-0.25, -0.2) is 0 Å². The van der Waals surface area contributed by atoms with Crippen LogP contribution in [0.4, 0.5) is 5.69 Å². The second-order valence-electron chi connectivity index (χ2n) is 4.90. The SMILES string of the molecule is CC(C)c1nnc2c(NCc3cccnn3)cc(Cl)nn12. The van der Waals surface area contributed by atoms with Crippen LogP contribution in [0.2, 0.25) is 5.15 Å². The van der Waals surface area contributed by atoms with Gasteiger partial charge >= 0.3 is 0 Å².